The molecule has 0 bridgehead atoms. The number of aryl methyl sites for hydroxylation is 1. The maximum atomic E-state index is 11.0. The van der Waals surface area contributed by atoms with Gasteiger partial charge < -0.3 is 10.4 Å². The Morgan fingerprint density at radius 1 is 0.933 bits per heavy atom. The number of halogens is 4. The predicted molar refractivity (Wildman–Crippen MR) is 124 cm³/mol. The minimum Gasteiger partial charge on any atom is -0.505 e. The topological polar surface area (TPSA) is 58.0 Å². The Balaban J connectivity index is 1.93. The molecule has 0 saturated heterocycles. The molecule has 4 aromatic rings. The number of hydrogen-bond donors (Lipinski definition) is 2. The number of aromatic nitrogens is 2. The number of benzene rings is 2. The molecule has 2 heterocycles. The number of aromatic hydroxyl groups is 1. The standard InChI is InChI=1S/C22H15Cl4N3O/c1-11-7-14(24)10-28-22(11)29-20(16-8-13(23)9-17(25)18(16)26)15-5-4-12-3-2-6-27-19(12)21(15)30/h2-10,20,30H,1H3,(H,28,29). The van der Waals surface area contributed by atoms with Crippen molar-refractivity contribution in [2.45, 2.75) is 13.0 Å². The van der Waals surface area contributed by atoms with Gasteiger partial charge in [-0.05, 0) is 36.8 Å². The molecule has 8 heteroatoms. The lowest BCUT2D eigenvalue weighted by Crippen LogP contribution is -2.15. The summed E-state index contributed by atoms with van der Waals surface area (Å²) in [6, 6.07) is 11.9. The zero-order valence-electron chi connectivity index (χ0n) is 15.6. The molecule has 0 saturated carbocycles. The summed E-state index contributed by atoms with van der Waals surface area (Å²) in [5.41, 5.74) is 2.45. The molecular weight excluding hydrogens is 464 g/mol. The maximum Gasteiger partial charge on any atom is 0.147 e. The van der Waals surface area contributed by atoms with Crippen LogP contribution in [0.25, 0.3) is 10.9 Å². The van der Waals surface area contributed by atoms with Crippen molar-refractivity contribution >= 4 is 63.1 Å². The van der Waals surface area contributed by atoms with Gasteiger partial charge in [0.1, 0.15) is 17.1 Å². The van der Waals surface area contributed by atoms with Crippen LogP contribution >= 0.6 is 46.4 Å². The fourth-order valence-corrected chi connectivity index (χ4v) is 4.26. The zero-order chi connectivity index (χ0) is 21.4. The summed E-state index contributed by atoms with van der Waals surface area (Å²) in [6.45, 7) is 1.88. The second kappa shape index (κ2) is 8.48. The average molecular weight is 479 g/mol. The average Bonchev–Trinajstić information content (AvgIpc) is 2.71. The van der Waals surface area contributed by atoms with Gasteiger partial charge in [-0.2, -0.15) is 0 Å². The second-order valence-corrected chi connectivity index (χ2v) is 8.42. The van der Waals surface area contributed by atoms with Crippen molar-refractivity contribution in [3.63, 3.8) is 0 Å². The van der Waals surface area contributed by atoms with E-state index in [-0.39, 0.29) is 5.75 Å². The summed E-state index contributed by atoms with van der Waals surface area (Å²) >= 11 is 25.1. The van der Waals surface area contributed by atoms with E-state index in [9.17, 15) is 5.11 Å². The highest BCUT2D eigenvalue weighted by Crippen LogP contribution is 2.42. The molecule has 2 N–H and O–H groups in total. The first-order valence-electron chi connectivity index (χ1n) is 8.95. The van der Waals surface area contributed by atoms with Crippen LogP contribution in [0.3, 0.4) is 0 Å². The predicted octanol–water partition coefficient (Wildman–Crippen LogP) is 7.46. The van der Waals surface area contributed by atoms with Crippen LogP contribution in [0.2, 0.25) is 20.1 Å². The molecule has 4 nitrogen and oxygen atoms in total. The third-order valence-electron chi connectivity index (χ3n) is 4.75. The van der Waals surface area contributed by atoms with Crippen LogP contribution in [0, 0.1) is 6.92 Å². The summed E-state index contributed by atoms with van der Waals surface area (Å²) in [7, 11) is 0. The zero-order valence-corrected chi connectivity index (χ0v) is 18.7. The molecule has 4 rings (SSSR count). The molecule has 1 atom stereocenters. The van der Waals surface area contributed by atoms with Crippen LogP contribution in [0.15, 0.2) is 54.9 Å². The lowest BCUT2D eigenvalue weighted by molar-refractivity contribution is 0.471. The third-order valence-corrected chi connectivity index (χ3v) is 5.99. The molecule has 1 unspecified atom stereocenters. The number of anilines is 1. The van der Waals surface area contributed by atoms with E-state index in [2.05, 4.69) is 15.3 Å². The fraction of sp³-hybridized carbons (Fsp3) is 0.0909. The SMILES string of the molecule is Cc1cc(Cl)cnc1NC(c1cc(Cl)cc(Cl)c1Cl)c1ccc2cccnc2c1O. The number of phenols is 1. The van der Waals surface area contributed by atoms with Crippen molar-refractivity contribution in [2.24, 2.45) is 0 Å². The van der Waals surface area contributed by atoms with E-state index in [1.54, 1.807) is 30.6 Å². The normalized spacial score (nSPS) is 12.2. The van der Waals surface area contributed by atoms with Crippen molar-refractivity contribution < 1.29 is 5.11 Å². The van der Waals surface area contributed by atoms with Crippen molar-refractivity contribution in [1.82, 2.24) is 9.97 Å². The van der Waals surface area contributed by atoms with Crippen LogP contribution in [0.4, 0.5) is 5.82 Å². The van der Waals surface area contributed by atoms with Crippen LogP contribution in [-0.4, -0.2) is 15.1 Å². The van der Waals surface area contributed by atoms with Gasteiger partial charge in [0.15, 0.2) is 0 Å². The number of hydrogen-bond acceptors (Lipinski definition) is 4. The van der Waals surface area contributed by atoms with Crippen LogP contribution in [-0.2, 0) is 0 Å². The Labute approximate surface area is 193 Å². The molecule has 30 heavy (non-hydrogen) atoms. The Morgan fingerprint density at radius 3 is 2.50 bits per heavy atom. The molecule has 0 aliphatic carbocycles. The van der Waals surface area contributed by atoms with Gasteiger partial charge in [0.05, 0.1) is 21.1 Å². The van der Waals surface area contributed by atoms with E-state index in [0.717, 1.165) is 10.9 Å². The monoisotopic (exact) mass is 477 g/mol. The van der Waals surface area contributed by atoms with Gasteiger partial charge in [-0.3, -0.25) is 4.98 Å². The molecule has 0 fully saturated rings. The minimum atomic E-state index is -0.604. The number of nitrogens with zero attached hydrogens (tertiary/aromatic N) is 2. The Hall–Kier alpha value is -2.24. The van der Waals surface area contributed by atoms with Crippen LogP contribution < -0.4 is 5.32 Å². The summed E-state index contributed by atoms with van der Waals surface area (Å²) in [5.74, 6) is 0.612. The van der Waals surface area contributed by atoms with Gasteiger partial charge >= 0.3 is 0 Å². The number of nitrogens with one attached hydrogen (secondary N) is 1. The first-order chi connectivity index (χ1) is 14.3. The highest BCUT2D eigenvalue weighted by Gasteiger charge is 2.24. The summed E-state index contributed by atoms with van der Waals surface area (Å²) in [5, 5.41) is 16.8. The van der Waals surface area contributed by atoms with E-state index >= 15 is 0 Å². The highest BCUT2D eigenvalue weighted by atomic mass is 35.5. The largest absolute Gasteiger partial charge is 0.505 e. The van der Waals surface area contributed by atoms with Crippen molar-refractivity contribution in [2.75, 3.05) is 5.32 Å². The van der Waals surface area contributed by atoms with Gasteiger partial charge in [0, 0.05) is 33.9 Å². The lowest BCUT2D eigenvalue weighted by Gasteiger charge is -2.24. The molecule has 152 valence electrons. The fourth-order valence-electron chi connectivity index (χ4n) is 3.32. The molecule has 2 aromatic heterocycles. The van der Waals surface area contributed by atoms with E-state index in [4.69, 9.17) is 46.4 Å². The van der Waals surface area contributed by atoms with Crippen LogP contribution in [0.5, 0.6) is 5.75 Å². The first kappa shape index (κ1) is 21.0. The van der Waals surface area contributed by atoms with Gasteiger partial charge in [0.2, 0.25) is 0 Å². The van der Waals surface area contributed by atoms with E-state index in [1.807, 2.05) is 31.2 Å². The smallest absolute Gasteiger partial charge is 0.147 e. The summed E-state index contributed by atoms with van der Waals surface area (Å²) < 4.78 is 0. The minimum absolute atomic E-state index is 0.0318. The summed E-state index contributed by atoms with van der Waals surface area (Å²) in [4.78, 5) is 8.70. The number of phenolic OH excluding ortho intramolecular Hbond substituents is 1. The van der Waals surface area contributed by atoms with Crippen molar-refractivity contribution in [1.29, 1.82) is 0 Å². The number of rotatable bonds is 4. The molecule has 0 spiro atoms. The van der Waals surface area contributed by atoms with Gasteiger partial charge in [0.25, 0.3) is 0 Å². The molecule has 0 amide bonds. The van der Waals surface area contributed by atoms with E-state index in [1.165, 1.54) is 0 Å². The second-order valence-electron chi connectivity index (χ2n) is 6.77. The van der Waals surface area contributed by atoms with Crippen molar-refractivity contribution in [3.8, 4) is 5.75 Å². The molecule has 2 aromatic carbocycles. The maximum absolute atomic E-state index is 11.0. The molecule has 0 aliphatic rings. The van der Waals surface area contributed by atoms with Gasteiger partial charge in [-0.25, -0.2) is 4.98 Å². The Kier molecular flexibility index (Phi) is 5.94. The lowest BCUT2D eigenvalue weighted by atomic mass is 9.96. The van der Waals surface area contributed by atoms with Gasteiger partial charge in [-0.1, -0.05) is 64.6 Å². The highest BCUT2D eigenvalue weighted by molar-refractivity contribution is 6.43. The Morgan fingerprint density at radius 2 is 1.73 bits per heavy atom. The summed E-state index contributed by atoms with van der Waals surface area (Å²) in [6.07, 6.45) is 3.17. The molecular formula is C22H15Cl4N3O. The van der Waals surface area contributed by atoms with Crippen molar-refractivity contribution in [3.05, 3.63) is 91.6 Å². The Bertz CT molecular complexity index is 1260. The molecule has 0 radical (unpaired) electrons. The third kappa shape index (κ3) is 4.01. The number of pyridine rings is 2. The first-order valence-corrected chi connectivity index (χ1v) is 10.5. The quantitative estimate of drug-likeness (QED) is 0.299. The number of fused-ring (bicyclic) bond motifs is 1. The van der Waals surface area contributed by atoms with E-state index < -0.39 is 6.04 Å². The van der Waals surface area contributed by atoms with E-state index in [0.29, 0.717) is 42.6 Å². The molecule has 0 aliphatic heterocycles. The van der Waals surface area contributed by atoms with Crippen LogP contribution in [0.1, 0.15) is 22.7 Å². The van der Waals surface area contributed by atoms with Gasteiger partial charge in [-0.15, -0.1) is 0 Å².